The number of carboxylic acid groups (broad SMARTS) is 1. The Kier molecular flexibility index (Phi) is 11.9. The summed E-state index contributed by atoms with van der Waals surface area (Å²) in [6.07, 6.45) is -3.37. The Morgan fingerprint density at radius 3 is 1.71 bits per heavy atom. The van der Waals surface area contributed by atoms with E-state index in [0.29, 0.717) is 54.5 Å². The lowest BCUT2D eigenvalue weighted by Gasteiger charge is -2.27. The second-order valence-corrected chi connectivity index (χ2v) is 9.58. The number of carbonyl (C=O) groups is 1. The van der Waals surface area contributed by atoms with E-state index in [2.05, 4.69) is 10.6 Å². The summed E-state index contributed by atoms with van der Waals surface area (Å²) in [5.74, 6) is 0.325. The molecule has 0 aromatic heterocycles. The molecule has 0 aliphatic heterocycles. The molecule has 0 bridgehead atoms. The van der Waals surface area contributed by atoms with Crippen molar-refractivity contribution in [3.63, 3.8) is 0 Å². The van der Waals surface area contributed by atoms with E-state index in [1.165, 1.54) is 19.2 Å². The molecule has 228 valence electrons. The molecule has 3 N–H and O–H groups in total. The average Bonchev–Trinajstić information content (AvgIpc) is 2.99. The summed E-state index contributed by atoms with van der Waals surface area (Å²) in [4.78, 5) is 12.4. The van der Waals surface area contributed by atoms with E-state index in [1.54, 1.807) is 33.5 Å². The number of rotatable bonds is 16. The van der Waals surface area contributed by atoms with Crippen LogP contribution in [0.3, 0.4) is 0 Å². The van der Waals surface area contributed by atoms with Crippen molar-refractivity contribution in [1.29, 1.82) is 0 Å². The first-order valence-electron chi connectivity index (χ1n) is 13.4. The van der Waals surface area contributed by atoms with Crippen molar-refractivity contribution in [2.75, 3.05) is 48.1 Å². The lowest BCUT2D eigenvalue weighted by Crippen LogP contribution is -2.40. The topological polar surface area (TPSA) is 98.3 Å². The summed E-state index contributed by atoms with van der Waals surface area (Å²) in [5, 5.41) is 16.6. The van der Waals surface area contributed by atoms with Gasteiger partial charge < -0.3 is 34.7 Å². The third-order valence-corrected chi connectivity index (χ3v) is 6.95. The van der Waals surface area contributed by atoms with Crippen LogP contribution >= 0.6 is 0 Å². The Bertz CT molecular complexity index is 1300. The molecule has 0 aliphatic rings. The van der Waals surface area contributed by atoms with Gasteiger partial charge in [0.25, 0.3) is 0 Å². The SMILES string of the molecule is COc1ccc(CCNCC(C(=O)O)C(NCCc2ccc(OC)c(OC)c2)c2ccc(C(F)(F)F)cc2)cc1OC. The standard InChI is InChI=1S/C31H37F3N2O6/c1-39-25-11-5-20(17-27(25)41-3)13-15-35-19-24(30(37)38)29(22-7-9-23(10-8-22)31(32,33)34)36-16-14-21-6-12-26(40-2)28(18-21)42-4/h5-12,17-18,24,29,35-36H,13-16,19H2,1-4H3,(H,37,38). The smallest absolute Gasteiger partial charge is 0.416 e. The Morgan fingerprint density at radius 2 is 1.26 bits per heavy atom. The monoisotopic (exact) mass is 590 g/mol. The number of alkyl halides is 3. The lowest BCUT2D eigenvalue weighted by molar-refractivity contribution is -0.143. The summed E-state index contributed by atoms with van der Waals surface area (Å²) in [6.45, 7) is 0.943. The molecule has 3 rings (SSSR count). The van der Waals surface area contributed by atoms with Crippen molar-refractivity contribution in [1.82, 2.24) is 10.6 Å². The quantitative estimate of drug-likeness (QED) is 0.197. The molecule has 42 heavy (non-hydrogen) atoms. The van der Waals surface area contributed by atoms with Gasteiger partial charge in [-0.3, -0.25) is 4.79 Å². The summed E-state index contributed by atoms with van der Waals surface area (Å²) < 4.78 is 60.8. The summed E-state index contributed by atoms with van der Waals surface area (Å²) >= 11 is 0. The fourth-order valence-corrected chi connectivity index (χ4v) is 4.65. The molecule has 3 aromatic carbocycles. The van der Waals surface area contributed by atoms with Gasteiger partial charge >= 0.3 is 12.1 Å². The predicted molar refractivity (Wildman–Crippen MR) is 153 cm³/mol. The van der Waals surface area contributed by atoms with Gasteiger partial charge in [0, 0.05) is 12.6 Å². The molecule has 2 unspecified atom stereocenters. The van der Waals surface area contributed by atoms with Crippen LogP contribution in [0.4, 0.5) is 13.2 Å². The summed E-state index contributed by atoms with van der Waals surface area (Å²) in [6, 6.07) is 14.9. The van der Waals surface area contributed by atoms with Gasteiger partial charge in [-0.15, -0.1) is 0 Å². The van der Waals surface area contributed by atoms with E-state index in [-0.39, 0.29) is 6.54 Å². The first-order valence-corrected chi connectivity index (χ1v) is 13.4. The highest BCUT2D eigenvalue weighted by molar-refractivity contribution is 5.71. The maximum Gasteiger partial charge on any atom is 0.416 e. The van der Waals surface area contributed by atoms with Crippen LogP contribution in [0, 0.1) is 5.92 Å². The second-order valence-electron chi connectivity index (χ2n) is 9.58. The minimum atomic E-state index is -4.49. The van der Waals surface area contributed by atoms with Crippen molar-refractivity contribution < 1.29 is 42.0 Å². The van der Waals surface area contributed by atoms with Gasteiger partial charge in [-0.25, -0.2) is 0 Å². The Morgan fingerprint density at radius 1 is 0.762 bits per heavy atom. The largest absolute Gasteiger partial charge is 0.493 e. The predicted octanol–water partition coefficient (Wildman–Crippen LogP) is 5.15. The highest BCUT2D eigenvalue weighted by atomic mass is 19.4. The van der Waals surface area contributed by atoms with E-state index in [1.807, 2.05) is 24.3 Å². The molecule has 2 atom stereocenters. The van der Waals surface area contributed by atoms with Crippen LogP contribution in [0.2, 0.25) is 0 Å². The minimum Gasteiger partial charge on any atom is -0.493 e. The van der Waals surface area contributed by atoms with Gasteiger partial charge in [0.05, 0.1) is 39.9 Å². The van der Waals surface area contributed by atoms with Crippen LogP contribution in [0.5, 0.6) is 23.0 Å². The molecule has 0 aliphatic carbocycles. The van der Waals surface area contributed by atoms with Crippen LogP contribution in [0.1, 0.15) is 28.3 Å². The normalized spacial score (nSPS) is 12.8. The number of carboxylic acids is 1. The number of hydrogen-bond acceptors (Lipinski definition) is 7. The molecule has 0 saturated carbocycles. The van der Waals surface area contributed by atoms with E-state index in [9.17, 15) is 23.1 Å². The highest BCUT2D eigenvalue weighted by Crippen LogP contribution is 2.32. The zero-order valence-electron chi connectivity index (χ0n) is 24.1. The van der Waals surface area contributed by atoms with Crippen LogP contribution in [0.15, 0.2) is 60.7 Å². The van der Waals surface area contributed by atoms with Crippen molar-refractivity contribution >= 4 is 5.97 Å². The molecule has 0 saturated heterocycles. The number of halogens is 3. The number of ether oxygens (including phenoxy) is 4. The third kappa shape index (κ3) is 8.77. The Labute approximate surface area is 243 Å². The molecule has 0 radical (unpaired) electrons. The zero-order chi connectivity index (χ0) is 30.7. The Balaban J connectivity index is 1.74. The maximum absolute atomic E-state index is 13.2. The molecule has 11 heteroatoms. The number of methoxy groups -OCH3 is 4. The van der Waals surface area contributed by atoms with Crippen LogP contribution < -0.4 is 29.6 Å². The number of nitrogens with one attached hydrogen (secondary N) is 2. The maximum atomic E-state index is 13.2. The van der Waals surface area contributed by atoms with E-state index in [4.69, 9.17) is 18.9 Å². The molecule has 0 spiro atoms. The van der Waals surface area contributed by atoms with Crippen LogP contribution in [-0.2, 0) is 23.8 Å². The van der Waals surface area contributed by atoms with Crippen LogP contribution in [0.25, 0.3) is 0 Å². The van der Waals surface area contributed by atoms with E-state index >= 15 is 0 Å². The van der Waals surface area contributed by atoms with Crippen LogP contribution in [-0.4, -0.2) is 59.1 Å². The number of benzene rings is 3. The highest BCUT2D eigenvalue weighted by Gasteiger charge is 2.32. The fourth-order valence-electron chi connectivity index (χ4n) is 4.65. The van der Waals surface area contributed by atoms with Crippen molar-refractivity contribution in [3.8, 4) is 23.0 Å². The molecule has 0 fully saturated rings. The van der Waals surface area contributed by atoms with Gasteiger partial charge in [0.1, 0.15) is 0 Å². The third-order valence-electron chi connectivity index (χ3n) is 6.95. The first-order chi connectivity index (χ1) is 20.1. The molecule has 3 aromatic rings. The van der Waals surface area contributed by atoms with E-state index < -0.39 is 29.7 Å². The fraction of sp³-hybridized carbons (Fsp3) is 0.387. The van der Waals surface area contributed by atoms with Crippen molar-refractivity contribution in [2.45, 2.75) is 25.1 Å². The van der Waals surface area contributed by atoms with Gasteiger partial charge in [-0.2, -0.15) is 13.2 Å². The van der Waals surface area contributed by atoms with Gasteiger partial charge in [0.2, 0.25) is 0 Å². The summed E-state index contributed by atoms with van der Waals surface area (Å²) in [5.41, 5.74) is 1.55. The lowest BCUT2D eigenvalue weighted by atomic mass is 9.91. The zero-order valence-corrected chi connectivity index (χ0v) is 24.1. The number of hydrogen-bond donors (Lipinski definition) is 3. The van der Waals surface area contributed by atoms with Gasteiger partial charge in [0.15, 0.2) is 23.0 Å². The van der Waals surface area contributed by atoms with E-state index in [0.717, 1.165) is 23.3 Å². The van der Waals surface area contributed by atoms with Gasteiger partial charge in [-0.1, -0.05) is 24.3 Å². The first kappa shape index (κ1) is 32.6. The molecular weight excluding hydrogens is 553 g/mol. The average molecular weight is 591 g/mol. The number of aliphatic carboxylic acids is 1. The van der Waals surface area contributed by atoms with Gasteiger partial charge in [-0.05, 0) is 79.0 Å². The Hall–Kier alpha value is -3.96. The molecule has 0 amide bonds. The summed E-state index contributed by atoms with van der Waals surface area (Å²) in [7, 11) is 6.19. The second kappa shape index (κ2) is 15.3. The molecular formula is C31H37F3N2O6. The molecule has 8 nitrogen and oxygen atoms in total. The molecule has 0 heterocycles. The van der Waals surface area contributed by atoms with Crippen molar-refractivity contribution in [2.24, 2.45) is 5.92 Å². The van der Waals surface area contributed by atoms with Crippen molar-refractivity contribution in [3.05, 3.63) is 82.9 Å². The minimum absolute atomic E-state index is 0.0949.